The van der Waals surface area contributed by atoms with Crippen molar-refractivity contribution >= 4 is 22.5 Å². The van der Waals surface area contributed by atoms with Crippen molar-refractivity contribution in [1.29, 1.82) is 0 Å². The molecule has 0 saturated carbocycles. The summed E-state index contributed by atoms with van der Waals surface area (Å²) in [5.74, 6) is 0.823. The summed E-state index contributed by atoms with van der Waals surface area (Å²) < 4.78 is 1.74. The van der Waals surface area contributed by atoms with Crippen LogP contribution in [0.3, 0.4) is 0 Å². The summed E-state index contributed by atoms with van der Waals surface area (Å²) in [4.78, 5) is 4.49. The van der Waals surface area contributed by atoms with Gasteiger partial charge in [0.1, 0.15) is 0 Å². The minimum Gasteiger partial charge on any atom is -0.250 e. The first-order valence-electron chi connectivity index (χ1n) is 4.63. The third-order valence-electron chi connectivity index (χ3n) is 2.51. The highest BCUT2D eigenvalue weighted by Gasteiger charge is 2.17. The summed E-state index contributed by atoms with van der Waals surface area (Å²) in [7, 11) is 1.87. The highest BCUT2D eigenvalue weighted by Crippen LogP contribution is 2.35. The summed E-state index contributed by atoms with van der Waals surface area (Å²) in [6.45, 7) is 0. The second-order valence-electron chi connectivity index (χ2n) is 3.44. The third kappa shape index (κ3) is 1.13. The van der Waals surface area contributed by atoms with Crippen LogP contribution < -0.4 is 0 Å². The fourth-order valence-electron chi connectivity index (χ4n) is 1.80. The Bertz CT molecular complexity index is 615. The number of rotatable bonds is 0. The van der Waals surface area contributed by atoms with Gasteiger partial charge in [0.15, 0.2) is 5.82 Å². The smallest absolute Gasteiger partial charge is 0.158 e. The lowest BCUT2D eigenvalue weighted by atomic mass is 10.1. The molecular formula is C11H8ClN3. The van der Waals surface area contributed by atoms with Crippen LogP contribution in [0, 0.1) is 0 Å². The molecule has 74 valence electrons. The summed E-state index contributed by atoms with van der Waals surface area (Å²) in [6.07, 6.45) is 1.65. The van der Waals surface area contributed by atoms with Crippen LogP contribution in [-0.4, -0.2) is 14.8 Å². The van der Waals surface area contributed by atoms with E-state index in [0.717, 1.165) is 22.3 Å². The van der Waals surface area contributed by atoms with Gasteiger partial charge in [0.05, 0.1) is 16.7 Å². The second-order valence-corrected chi connectivity index (χ2v) is 3.85. The standard InChI is InChI=1S/C11H8ClN3/c1-15-11-10(8(12)6-13-15)7-4-2-3-5-9(7)14-11/h2-6H,1H3. The molecule has 0 N–H and O–H groups in total. The van der Waals surface area contributed by atoms with E-state index in [2.05, 4.69) is 10.1 Å². The first kappa shape index (κ1) is 8.68. The van der Waals surface area contributed by atoms with E-state index in [1.807, 2.05) is 31.3 Å². The van der Waals surface area contributed by atoms with Crippen molar-refractivity contribution in [1.82, 2.24) is 14.8 Å². The Balaban J connectivity index is 2.57. The molecule has 0 spiro atoms. The average Bonchev–Trinajstić information content (AvgIpc) is 2.64. The van der Waals surface area contributed by atoms with Gasteiger partial charge in [0, 0.05) is 18.0 Å². The Morgan fingerprint density at radius 3 is 2.93 bits per heavy atom. The van der Waals surface area contributed by atoms with Gasteiger partial charge in [-0.2, -0.15) is 5.10 Å². The van der Waals surface area contributed by atoms with Gasteiger partial charge >= 0.3 is 0 Å². The lowest BCUT2D eigenvalue weighted by molar-refractivity contribution is 0.736. The van der Waals surface area contributed by atoms with E-state index in [1.54, 1.807) is 10.9 Å². The molecular weight excluding hydrogens is 210 g/mol. The van der Waals surface area contributed by atoms with Crippen LogP contribution in [0.4, 0.5) is 0 Å². The molecule has 4 heteroatoms. The number of fused-ring (bicyclic) bond motifs is 3. The van der Waals surface area contributed by atoms with Crippen LogP contribution in [0.1, 0.15) is 0 Å². The van der Waals surface area contributed by atoms with Crippen molar-refractivity contribution in [3.63, 3.8) is 0 Å². The van der Waals surface area contributed by atoms with Crippen LogP contribution in [0.25, 0.3) is 22.3 Å². The normalized spacial score (nSPS) is 11.3. The van der Waals surface area contributed by atoms with Crippen LogP contribution in [0.5, 0.6) is 0 Å². The maximum atomic E-state index is 6.13. The molecule has 1 aromatic carbocycles. The molecule has 3 nitrogen and oxygen atoms in total. The van der Waals surface area contributed by atoms with Crippen LogP contribution >= 0.6 is 11.6 Å². The topological polar surface area (TPSA) is 30.7 Å². The van der Waals surface area contributed by atoms with Gasteiger partial charge < -0.3 is 0 Å². The highest BCUT2D eigenvalue weighted by atomic mass is 35.5. The van der Waals surface area contributed by atoms with Gasteiger partial charge in [0.2, 0.25) is 0 Å². The van der Waals surface area contributed by atoms with E-state index in [1.165, 1.54) is 0 Å². The van der Waals surface area contributed by atoms with Gasteiger partial charge in [-0.15, -0.1) is 0 Å². The Labute approximate surface area is 91.6 Å². The number of benzene rings is 1. The second kappa shape index (κ2) is 2.94. The molecule has 0 amide bonds. The maximum Gasteiger partial charge on any atom is 0.158 e. The average molecular weight is 218 g/mol. The molecule has 0 radical (unpaired) electrons. The Hall–Kier alpha value is -1.61. The molecule has 0 saturated heterocycles. The summed E-state index contributed by atoms with van der Waals surface area (Å²) in [5, 5.41) is 5.85. The summed E-state index contributed by atoms with van der Waals surface area (Å²) in [5.41, 5.74) is 1.93. The molecule has 1 aromatic rings. The van der Waals surface area contributed by atoms with Crippen molar-refractivity contribution in [2.24, 2.45) is 7.05 Å². The van der Waals surface area contributed by atoms with Crippen LogP contribution in [0.15, 0.2) is 30.5 Å². The number of hydrogen-bond acceptors (Lipinski definition) is 2. The van der Waals surface area contributed by atoms with Gasteiger partial charge in [-0.3, -0.25) is 4.68 Å². The van der Waals surface area contributed by atoms with Crippen molar-refractivity contribution < 1.29 is 0 Å². The van der Waals surface area contributed by atoms with E-state index >= 15 is 0 Å². The zero-order valence-electron chi connectivity index (χ0n) is 8.11. The highest BCUT2D eigenvalue weighted by molar-refractivity contribution is 6.34. The van der Waals surface area contributed by atoms with Gasteiger partial charge in [-0.25, -0.2) is 4.98 Å². The van der Waals surface area contributed by atoms with E-state index in [4.69, 9.17) is 11.6 Å². The monoisotopic (exact) mass is 217 g/mol. The fourth-order valence-corrected chi connectivity index (χ4v) is 2.03. The van der Waals surface area contributed by atoms with Crippen molar-refractivity contribution in [2.45, 2.75) is 0 Å². The third-order valence-corrected chi connectivity index (χ3v) is 2.80. The number of hydrogen-bond donors (Lipinski definition) is 0. The number of halogens is 1. The fraction of sp³-hybridized carbons (Fsp3) is 0.0909. The van der Waals surface area contributed by atoms with Gasteiger partial charge in [0.25, 0.3) is 0 Å². The molecule has 0 unspecified atom stereocenters. The molecule has 0 aromatic heterocycles. The predicted molar refractivity (Wildman–Crippen MR) is 60.1 cm³/mol. The molecule has 3 rings (SSSR count). The largest absolute Gasteiger partial charge is 0.250 e. The zero-order valence-corrected chi connectivity index (χ0v) is 8.86. The van der Waals surface area contributed by atoms with E-state index in [0.29, 0.717) is 5.02 Å². The van der Waals surface area contributed by atoms with Crippen molar-refractivity contribution in [2.75, 3.05) is 0 Å². The first-order chi connectivity index (χ1) is 7.27. The predicted octanol–water partition coefficient (Wildman–Crippen LogP) is 2.73. The maximum absolute atomic E-state index is 6.13. The number of aryl methyl sites for hydroxylation is 1. The van der Waals surface area contributed by atoms with Crippen molar-refractivity contribution in [3.8, 4) is 11.4 Å². The van der Waals surface area contributed by atoms with E-state index < -0.39 is 0 Å². The van der Waals surface area contributed by atoms with Crippen molar-refractivity contribution in [3.05, 3.63) is 35.5 Å². The molecule has 2 aliphatic heterocycles. The molecule has 0 bridgehead atoms. The minimum atomic E-state index is 0.650. The lowest BCUT2D eigenvalue weighted by Crippen LogP contribution is -2.01. The van der Waals surface area contributed by atoms with E-state index in [9.17, 15) is 0 Å². The number of nitrogens with zero attached hydrogens (tertiary/aromatic N) is 3. The number of para-hydroxylation sites is 1. The summed E-state index contributed by atoms with van der Waals surface area (Å²) >= 11 is 6.13. The van der Waals surface area contributed by atoms with Gasteiger partial charge in [-0.05, 0) is 6.07 Å². The SMILES string of the molecule is Cn1ncc(Cl)c2c3ccccc3nc1-2. The quantitative estimate of drug-likeness (QED) is 0.580. The minimum absolute atomic E-state index is 0.650. The first-order valence-corrected chi connectivity index (χ1v) is 5.01. The zero-order chi connectivity index (χ0) is 10.4. The van der Waals surface area contributed by atoms with E-state index in [-0.39, 0.29) is 0 Å². The van der Waals surface area contributed by atoms with Crippen LogP contribution in [0.2, 0.25) is 5.02 Å². The molecule has 0 atom stereocenters. The van der Waals surface area contributed by atoms with Gasteiger partial charge in [-0.1, -0.05) is 29.8 Å². The molecule has 15 heavy (non-hydrogen) atoms. The Morgan fingerprint density at radius 1 is 1.27 bits per heavy atom. The number of aromatic nitrogens is 3. The molecule has 0 aliphatic carbocycles. The molecule has 2 heterocycles. The van der Waals surface area contributed by atoms with Crippen LogP contribution in [-0.2, 0) is 7.05 Å². The summed E-state index contributed by atoms with van der Waals surface area (Å²) in [6, 6.07) is 7.96. The Kier molecular flexibility index (Phi) is 1.70. The lowest BCUT2D eigenvalue weighted by Gasteiger charge is -2.05. The molecule has 0 fully saturated rings. The molecule has 2 aliphatic rings. The Morgan fingerprint density at radius 2 is 2.07 bits per heavy atom.